The number of amides is 1. The molecule has 0 aliphatic carbocycles. The predicted molar refractivity (Wildman–Crippen MR) is 122 cm³/mol. The summed E-state index contributed by atoms with van der Waals surface area (Å²) < 4.78 is 0. The monoisotopic (exact) mass is 441 g/mol. The van der Waals surface area contributed by atoms with E-state index < -0.39 is 0 Å². The van der Waals surface area contributed by atoms with Gasteiger partial charge in [-0.1, -0.05) is 54.1 Å². The number of hydrogen-bond acceptors (Lipinski definition) is 5. The van der Waals surface area contributed by atoms with E-state index in [2.05, 4.69) is 4.90 Å². The fraction of sp³-hybridized carbons (Fsp3) is 0.304. The molecule has 30 heavy (non-hydrogen) atoms. The van der Waals surface area contributed by atoms with Crippen LogP contribution in [0.3, 0.4) is 0 Å². The summed E-state index contributed by atoms with van der Waals surface area (Å²) in [5.74, 6) is 0.0206. The highest BCUT2D eigenvalue weighted by molar-refractivity contribution is 7.14. The molecular formula is C23H24ClN3O2S. The Labute approximate surface area is 185 Å². The molecule has 1 amide bonds. The maximum Gasteiger partial charge on any atom is 0.243 e. The summed E-state index contributed by atoms with van der Waals surface area (Å²) in [7, 11) is 0. The van der Waals surface area contributed by atoms with E-state index in [-0.39, 0.29) is 12.0 Å². The lowest BCUT2D eigenvalue weighted by Gasteiger charge is -2.30. The van der Waals surface area contributed by atoms with Crippen molar-refractivity contribution in [2.24, 2.45) is 0 Å². The Morgan fingerprint density at radius 2 is 1.83 bits per heavy atom. The van der Waals surface area contributed by atoms with Gasteiger partial charge in [0.15, 0.2) is 5.13 Å². The van der Waals surface area contributed by atoms with E-state index in [0.717, 1.165) is 29.9 Å². The van der Waals surface area contributed by atoms with Gasteiger partial charge in [-0.15, -0.1) is 11.3 Å². The Hall–Kier alpha value is -2.25. The van der Waals surface area contributed by atoms with Gasteiger partial charge in [-0.3, -0.25) is 14.6 Å². The first-order valence-electron chi connectivity index (χ1n) is 10.0. The van der Waals surface area contributed by atoms with Crippen LogP contribution < -0.4 is 4.90 Å². The number of carbonyl (C=O) groups is 1. The van der Waals surface area contributed by atoms with Gasteiger partial charge in [0.1, 0.15) is 0 Å². The normalized spacial score (nSPS) is 15.3. The summed E-state index contributed by atoms with van der Waals surface area (Å²) in [5, 5.41) is 13.1. The molecule has 0 unspecified atom stereocenters. The molecular weight excluding hydrogens is 418 g/mol. The van der Waals surface area contributed by atoms with Crippen molar-refractivity contribution in [1.82, 2.24) is 9.88 Å². The smallest absolute Gasteiger partial charge is 0.243 e. The minimum atomic E-state index is -0.252. The standard InChI is InChI=1S/C23H24ClN3O2S/c24-19-8-6-18(7-9-19)21-16-30-23(25-21)27(14-17-4-2-1-3-5-17)22(29)15-26-12-10-20(28)11-13-26/h1-9,16,20,28H,10-15H2. The van der Waals surface area contributed by atoms with Gasteiger partial charge in [-0.05, 0) is 30.5 Å². The van der Waals surface area contributed by atoms with Gasteiger partial charge >= 0.3 is 0 Å². The number of anilines is 1. The van der Waals surface area contributed by atoms with Crippen LogP contribution in [0.1, 0.15) is 18.4 Å². The van der Waals surface area contributed by atoms with E-state index in [1.165, 1.54) is 11.3 Å². The molecule has 1 fully saturated rings. The molecule has 2 heterocycles. The maximum atomic E-state index is 13.3. The van der Waals surface area contributed by atoms with Crippen LogP contribution in [0.4, 0.5) is 5.13 Å². The van der Waals surface area contributed by atoms with Crippen molar-refractivity contribution in [3.8, 4) is 11.3 Å². The van der Waals surface area contributed by atoms with E-state index in [1.807, 2.05) is 60.0 Å². The van der Waals surface area contributed by atoms with E-state index in [4.69, 9.17) is 16.6 Å². The molecule has 7 heteroatoms. The molecule has 1 aromatic heterocycles. The van der Waals surface area contributed by atoms with Crippen LogP contribution in [0.25, 0.3) is 11.3 Å². The number of likely N-dealkylation sites (tertiary alicyclic amines) is 1. The lowest BCUT2D eigenvalue weighted by Crippen LogP contribution is -2.44. The Balaban J connectivity index is 1.55. The number of hydrogen-bond donors (Lipinski definition) is 1. The molecule has 2 aromatic carbocycles. The SMILES string of the molecule is O=C(CN1CCC(O)CC1)N(Cc1ccccc1)c1nc(-c2ccc(Cl)cc2)cs1. The molecule has 156 valence electrons. The first kappa shape index (κ1) is 21.0. The average molecular weight is 442 g/mol. The second kappa shape index (κ2) is 9.71. The molecule has 0 saturated carbocycles. The maximum absolute atomic E-state index is 13.3. The van der Waals surface area contributed by atoms with Crippen molar-refractivity contribution in [2.45, 2.75) is 25.5 Å². The van der Waals surface area contributed by atoms with Crippen molar-refractivity contribution < 1.29 is 9.90 Å². The summed E-state index contributed by atoms with van der Waals surface area (Å²) in [5.41, 5.74) is 2.86. The zero-order valence-electron chi connectivity index (χ0n) is 16.6. The van der Waals surface area contributed by atoms with Gasteiger partial charge in [0.05, 0.1) is 24.9 Å². The molecule has 1 saturated heterocycles. The zero-order chi connectivity index (χ0) is 20.9. The number of aromatic nitrogens is 1. The molecule has 0 radical (unpaired) electrons. The van der Waals surface area contributed by atoms with E-state index in [9.17, 15) is 9.90 Å². The average Bonchev–Trinajstić information content (AvgIpc) is 3.25. The Bertz CT molecular complexity index is 970. The highest BCUT2D eigenvalue weighted by Crippen LogP contribution is 2.29. The minimum Gasteiger partial charge on any atom is -0.393 e. The van der Waals surface area contributed by atoms with Crippen LogP contribution in [-0.2, 0) is 11.3 Å². The van der Waals surface area contributed by atoms with Crippen LogP contribution in [0, 0.1) is 0 Å². The number of carbonyl (C=O) groups excluding carboxylic acids is 1. The molecule has 0 atom stereocenters. The third-order valence-electron chi connectivity index (χ3n) is 5.26. The van der Waals surface area contributed by atoms with Gasteiger partial charge in [0.2, 0.25) is 5.91 Å². The van der Waals surface area contributed by atoms with Crippen LogP contribution >= 0.6 is 22.9 Å². The van der Waals surface area contributed by atoms with Gasteiger partial charge < -0.3 is 5.11 Å². The summed E-state index contributed by atoms with van der Waals surface area (Å²) >= 11 is 7.47. The highest BCUT2D eigenvalue weighted by atomic mass is 35.5. The minimum absolute atomic E-state index is 0.0206. The molecule has 1 aliphatic heterocycles. The first-order valence-corrected chi connectivity index (χ1v) is 11.3. The van der Waals surface area contributed by atoms with Gasteiger partial charge in [-0.2, -0.15) is 0 Å². The third kappa shape index (κ3) is 5.26. The van der Waals surface area contributed by atoms with E-state index >= 15 is 0 Å². The number of piperidine rings is 1. The molecule has 4 rings (SSSR count). The van der Waals surface area contributed by atoms with Crippen molar-refractivity contribution in [2.75, 3.05) is 24.5 Å². The number of thiazole rings is 1. The van der Waals surface area contributed by atoms with Crippen LogP contribution in [0.2, 0.25) is 5.02 Å². The third-order valence-corrected chi connectivity index (χ3v) is 6.38. The molecule has 3 aromatic rings. The first-order chi connectivity index (χ1) is 14.6. The molecule has 5 nitrogen and oxygen atoms in total. The molecule has 1 aliphatic rings. The van der Waals surface area contributed by atoms with Gasteiger partial charge in [0, 0.05) is 29.1 Å². The number of benzene rings is 2. The van der Waals surface area contributed by atoms with Crippen molar-refractivity contribution >= 4 is 34.0 Å². The lowest BCUT2D eigenvalue weighted by molar-refractivity contribution is -0.120. The fourth-order valence-corrected chi connectivity index (χ4v) is 4.50. The summed E-state index contributed by atoms with van der Waals surface area (Å²) in [6, 6.07) is 17.5. The fourth-order valence-electron chi connectivity index (χ4n) is 3.52. The summed E-state index contributed by atoms with van der Waals surface area (Å²) in [6.07, 6.45) is 1.17. The molecule has 0 bridgehead atoms. The zero-order valence-corrected chi connectivity index (χ0v) is 18.1. The second-order valence-corrected chi connectivity index (χ2v) is 8.77. The van der Waals surface area contributed by atoms with E-state index in [0.29, 0.717) is 36.1 Å². The highest BCUT2D eigenvalue weighted by Gasteiger charge is 2.25. The summed E-state index contributed by atoms with van der Waals surface area (Å²) in [6.45, 7) is 2.28. The van der Waals surface area contributed by atoms with Crippen LogP contribution in [0.5, 0.6) is 0 Å². The quantitative estimate of drug-likeness (QED) is 0.613. The molecule has 1 N–H and O–H groups in total. The number of aliphatic hydroxyl groups excluding tert-OH is 1. The van der Waals surface area contributed by atoms with Crippen molar-refractivity contribution in [1.29, 1.82) is 0 Å². The van der Waals surface area contributed by atoms with Crippen molar-refractivity contribution in [3.05, 3.63) is 70.6 Å². The number of rotatable bonds is 6. The van der Waals surface area contributed by atoms with Crippen LogP contribution in [-0.4, -0.2) is 46.6 Å². The number of halogens is 1. The van der Waals surface area contributed by atoms with E-state index in [1.54, 1.807) is 4.90 Å². The number of aliphatic hydroxyl groups is 1. The number of nitrogens with zero attached hydrogens (tertiary/aromatic N) is 3. The van der Waals surface area contributed by atoms with Gasteiger partial charge in [0.25, 0.3) is 0 Å². The Morgan fingerprint density at radius 1 is 1.13 bits per heavy atom. The largest absolute Gasteiger partial charge is 0.393 e. The van der Waals surface area contributed by atoms with Gasteiger partial charge in [-0.25, -0.2) is 4.98 Å². The second-order valence-electron chi connectivity index (χ2n) is 7.50. The molecule has 0 spiro atoms. The summed E-state index contributed by atoms with van der Waals surface area (Å²) in [4.78, 5) is 21.9. The van der Waals surface area contributed by atoms with Crippen molar-refractivity contribution in [3.63, 3.8) is 0 Å². The topological polar surface area (TPSA) is 56.7 Å². The lowest BCUT2D eigenvalue weighted by atomic mass is 10.1. The predicted octanol–water partition coefficient (Wildman–Crippen LogP) is 4.45. The Kier molecular flexibility index (Phi) is 6.79. The van der Waals surface area contributed by atoms with Crippen LogP contribution in [0.15, 0.2) is 60.0 Å². The Morgan fingerprint density at radius 3 is 2.53 bits per heavy atom.